The first-order valence-corrected chi connectivity index (χ1v) is 11.0. The number of pyridine rings is 1. The highest BCUT2D eigenvalue weighted by Gasteiger charge is 2.41. The van der Waals surface area contributed by atoms with Crippen LogP contribution in [0.4, 0.5) is 13.2 Å². The van der Waals surface area contributed by atoms with Gasteiger partial charge < -0.3 is 9.47 Å². The summed E-state index contributed by atoms with van der Waals surface area (Å²) in [5.74, 6) is -0.429. The van der Waals surface area contributed by atoms with Gasteiger partial charge in [0.15, 0.2) is 11.5 Å². The lowest BCUT2D eigenvalue weighted by Crippen LogP contribution is -2.19. The van der Waals surface area contributed by atoms with Crippen LogP contribution in [0.15, 0.2) is 72.9 Å². The van der Waals surface area contributed by atoms with Gasteiger partial charge in [-0.2, -0.15) is 18.3 Å². The number of rotatable bonds is 7. The topological polar surface area (TPSA) is 66.2 Å². The maximum absolute atomic E-state index is 13.9. The van der Waals surface area contributed by atoms with E-state index in [1.165, 1.54) is 13.0 Å². The van der Waals surface area contributed by atoms with Crippen molar-refractivity contribution in [1.82, 2.24) is 14.8 Å². The molecule has 0 unspecified atom stereocenters. The second kappa shape index (κ2) is 10.5. The first kappa shape index (κ1) is 24.7. The molecule has 0 aliphatic rings. The highest BCUT2D eigenvalue weighted by molar-refractivity contribution is 5.90. The van der Waals surface area contributed by atoms with Gasteiger partial charge >= 0.3 is 12.1 Å². The Labute approximate surface area is 205 Å². The molecule has 0 bridgehead atoms. The van der Waals surface area contributed by atoms with Crippen LogP contribution in [-0.4, -0.2) is 34.5 Å². The second-order valence-corrected chi connectivity index (χ2v) is 7.61. The van der Waals surface area contributed by atoms with Crippen LogP contribution < -0.4 is 4.74 Å². The SMILES string of the molecule is CCOC(=O)c1cnn(-c2cccc(-c3ccccc3C=Cc3ccc(OC)cc3)n2)c1C(F)(F)F. The van der Waals surface area contributed by atoms with Gasteiger partial charge in [0.05, 0.1) is 25.6 Å². The molecule has 0 amide bonds. The number of esters is 1. The lowest BCUT2D eigenvalue weighted by molar-refractivity contribution is -0.143. The van der Waals surface area contributed by atoms with Crippen LogP contribution >= 0.6 is 0 Å². The van der Waals surface area contributed by atoms with Crippen LogP contribution in [0.2, 0.25) is 0 Å². The molecular formula is C27H22F3N3O3. The van der Waals surface area contributed by atoms with Gasteiger partial charge in [0.2, 0.25) is 0 Å². The second-order valence-electron chi connectivity index (χ2n) is 7.61. The standard InChI is InChI=1S/C27H22F3N3O3/c1-3-36-26(34)22-17-31-33(25(22)27(28,29)30)24-10-6-9-23(32-24)21-8-5-4-7-19(21)14-11-18-12-15-20(35-2)16-13-18/h4-17H,3H2,1-2H3. The van der Waals surface area contributed by atoms with Gasteiger partial charge in [-0.15, -0.1) is 0 Å². The quantitative estimate of drug-likeness (QED) is 0.223. The van der Waals surface area contributed by atoms with E-state index >= 15 is 0 Å². The van der Waals surface area contributed by atoms with Crippen molar-refractivity contribution in [2.45, 2.75) is 13.1 Å². The van der Waals surface area contributed by atoms with E-state index in [1.54, 1.807) is 19.2 Å². The Morgan fingerprint density at radius 2 is 1.75 bits per heavy atom. The molecule has 2 heterocycles. The molecule has 0 radical (unpaired) electrons. The first-order valence-electron chi connectivity index (χ1n) is 11.0. The Hall–Kier alpha value is -4.40. The summed E-state index contributed by atoms with van der Waals surface area (Å²) in [6, 6.07) is 19.6. The molecule has 0 aliphatic heterocycles. The van der Waals surface area contributed by atoms with Gasteiger partial charge in [-0.05, 0) is 42.3 Å². The van der Waals surface area contributed by atoms with Crippen molar-refractivity contribution in [2.24, 2.45) is 0 Å². The molecular weight excluding hydrogens is 471 g/mol. The number of halogens is 3. The predicted molar refractivity (Wildman–Crippen MR) is 130 cm³/mol. The maximum atomic E-state index is 13.9. The number of carbonyl (C=O) groups is 1. The summed E-state index contributed by atoms with van der Waals surface area (Å²) in [6.07, 6.45) is -0.182. The van der Waals surface area contributed by atoms with Gasteiger partial charge in [0.25, 0.3) is 0 Å². The summed E-state index contributed by atoms with van der Waals surface area (Å²) in [5, 5.41) is 3.81. The minimum Gasteiger partial charge on any atom is -0.497 e. The van der Waals surface area contributed by atoms with E-state index in [0.29, 0.717) is 10.4 Å². The lowest BCUT2D eigenvalue weighted by atomic mass is 10.0. The molecule has 0 saturated carbocycles. The summed E-state index contributed by atoms with van der Waals surface area (Å²) in [5.41, 5.74) is 1.03. The Balaban J connectivity index is 1.73. The van der Waals surface area contributed by atoms with Gasteiger partial charge in [-0.25, -0.2) is 14.5 Å². The number of benzene rings is 2. The molecule has 6 nitrogen and oxygen atoms in total. The zero-order chi connectivity index (χ0) is 25.7. The number of aromatic nitrogens is 3. The van der Waals surface area contributed by atoms with E-state index in [2.05, 4.69) is 10.1 Å². The number of carbonyl (C=O) groups excluding carboxylic acids is 1. The molecule has 0 atom stereocenters. The fourth-order valence-corrected chi connectivity index (χ4v) is 3.62. The van der Waals surface area contributed by atoms with Crippen molar-refractivity contribution in [3.8, 4) is 22.8 Å². The van der Waals surface area contributed by atoms with Crippen LogP contribution in [0, 0.1) is 0 Å². The third-order valence-electron chi connectivity index (χ3n) is 5.29. The van der Waals surface area contributed by atoms with Crippen LogP contribution in [0.3, 0.4) is 0 Å². The van der Waals surface area contributed by atoms with Crippen molar-refractivity contribution >= 4 is 18.1 Å². The number of alkyl halides is 3. The van der Waals surface area contributed by atoms with Crippen LogP contribution in [-0.2, 0) is 10.9 Å². The maximum Gasteiger partial charge on any atom is 0.434 e. The molecule has 4 aromatic rings. The summed E-state index contributed by atoms with van der Waals surface area (Å²) in [6.45, 7) is 1.46. The number of ether oxygens (including phenoxy) is 2. The number of hydrogen-bond donors (Lipinski definition) is 0. The zero-order valence-corrected chi connectivity index (χ0v) is 19.5. The van der Waals surface area contributed by atoms with E-state index < -0.39 is 23.4 Å². The Bertz CT molecular complexity index is 1390. The minimum absolute atomic E-state index is 0.0596. The molecule has 184 valence electrons. The van der Waals surface area contributed by atoms with Crippen LogP contribution in [0.25, 0.3) is 29.2 Å². The average Bonchev–Trinajstić information content (AvgIpc) is 3.35. The largest absolute Gasteiger partial charge is 0.497 e. The van der Waals surface area contributed by atoms with Crippen molar-refractivity contribution in [3.05, 3.63) is 95.3 Å². The molecule has 2 aromatic carbocycles. The molecule has 0 spiro atoms. The normalized spacial score (nSPS) is 11.6. The van der Waals surface area contributed by atoms with E-state index in [4.69, 9.17) is 9.47 Å². The molecule has 0 saturated heterocycles. The number of nitrogens with zero attached hydrogens (tertiary/aromatic N) is 3. The predicted octanol–water partition coefficient (Wildman–Crippen LogP) is 6.31. The molecule has 36 heavy (non-hydrogen) atoms. The third-order valence-corrected chi connectivity index (χ3v) is 5.29. The number of methoxy groups -OCH3 is 1. The molecule has 0 aliphatic carbocycles. The molecule has 9 heteroatoms. The molecule has 2 aromatic heterocycles. The van der Waals surface area contributed by atoms with E-state index in [-0.39, 0.29) is 12.4 Å². The molecule has 0 fully saturated rings. The van der Waals surface area contributed by atoms with E-state index in [9.17, 15) is 18.0 Å². The van der Waals surface area contributed by atoms with Gasteiger partial charge in [-0.3, -0.25) is 0 Å². The Kier molecular flexibility index (Phi) is 7.19. The fraction of sp³-hybridized carbons (Fsp3) is 0.148. The highest BCUT2D eigenvalue weighted by atomic mass is 19.4. The van der Waals surface area contributed by atoms with Gasteiger partial charge in [-0.1, -0.05) is 54.6 Å². The summed E-state index contributed by atoms with van der Waals surface area (Å²) < 4.78 is 52.3. The van der Waals surface area contributed by atoms with Crippen LogP contribution in [0.1, 0.15) is 34.1 Å². The lowest BCUT2D eigenvalue weighted by Gasteiger charge is -2.13. The average molecular weight is 493 g/mol. The van der Waals surface area contributed by atoms with Crippen molar-refractivity contribution in [1.29, 1.82) is 0 Å². The van der Waals surface area contributed by atoms with Gasteiger partial charge in [0, 0.05) is 5.56 Å². The van der Waals surface area contributed by atoms with E-state index in [1.807, 2.05) is 60.7 Å². The van der Waals surface area contributed by atoms with Crippen molar-refractivity contribution < 1.29 is 27.4 Å². The Morgan fingerprint density at radius 3 is 2.44 bits per heavy atom. The van der Waals surface area contributed by atoms with E-state index in [0.717, 1.165) is 28.6 Å². The highest BCUT2D eigenvalue weighted by Crippen LogP contribution is 2.34. The smallest absolute Gasteiger partial charge is 0.434 e. The monoisotopic (exact) mass is 493 g/mol. The summed E-state index contributed by atoms with van der Waals surface area (Å²) >= 11 is 0. The zero-order valence-electron chi connectivity index (χ0n) is 19.5. The van der Waals surface area contributed by atoms with Crippen LogP contribution in [0.5, 0.6) is 5.75 Å². The third kappa shape index (κ3) is 5.30. The Morgan fingerprint density at radius 1 is 1.00 bits per heavy atom. The summed E-state index contributed by atoms with van der Waals surface area (Å²) in [7, 11) is 1.60. The van der Waals surface area contributed by atoms with Crippen molar-refractivity contribution in [3.63, 3.8) is 0 Å². The molecule has 4 rings (SSSR count). The fourth-order valence-electron chi connectivity index (χ4n) is 3.62. The van der Waals surface area contributed by atoms with Crippen molar-refractivity contribution in [2.75, 3.05) is 13.7 Å². The van der Waals surface area contributed by atoms with Gasteiger partial charge in [0.1, 0.15) is 11.3 Å². The summed E-state index contributed by atoms with van der Waals surface area (Å²) in [4.78, 5) is 16.5. The number of hydrogen-bond acceptors (Lipinski definition) is 5. The minimum atomic E-state index is -4.85. The molecule has 0 N–H and O–H groups in total. The first-order chi connectivity index (χ1) is 17.3.